The first-order chi connectivity index (χ1) is 9.70. The quantitative estimate of drug-likeness (QED) is 0.918. The summed E-state index contributed by atoms with van der Waals surface area (Å²) in [5.41, 5.74) is 1.97. The number of hydrogen-bond donors (Lipinski definition) is 1. The molecular weight excluding hydrogens is 252 g/mol. The minimum absolute atomic E-state index is 0.00954. The van der Waals surface area contributed by atoms with Crippen molar-refractivity contribution in [2.75, 3.05) is 19.6 Å². The average molecular weight is 274 g/mol. The van der Waals surface area contributed by atoms with E-state index >= 15 is 0 Å². The minimum Gasteiger partial charge on any atom is -0.316 e. The van der Waals surface area contributed by atoms with Crippen molar-refractivity contribution in [1.82, 2.24) is 10.4 Å². The molecule has 3 atom stereocenters. The van der Waals surface area contributed by atoms with Crippen molar-refractivity contribution in [2.24, 2.45) is 5.92 Å². The van der Waals surface area contributed by atoms with Gasteiger partial charge in [-0.1, -0.05) is 25.1 Å². The first-order valence-electron chi connectivity index (χ1n) is 7.49. The van der Waals surface area contributed by atoms with Crippen molar-refractivity contribution in [2.45, 2.75) is 32.3 Å². The van der Waals surface area contributed by atoms with Crippen molar-refractivity contribution in [3.8, 4) is 0 Å². The van der Waals surface area contributed by atoms with Gasteiger partial charge in [-0.3, -0.25) is 9.63 Å². The van der Waals surface area contributed by atoms with Crippen LogP contribution in [0.4, 0.5) is 0 Å². The second-order valence-electron chi connectivity index (χ2n) is 5.80. The lowest BCUT2D eigenvalue weighted by molar-refractivity contribution is -0.163. The van der Waals surface area contributed by atoms with E-state index in [1.165, 1.54) is 5.56 Å². The number of hydroxylamine groups is 2. The molecule has 0 radical (unpaired) electrons. The van der Waals surface area contributed by atoms with Crippen molar-refractivity contribution in [1.29, 1.82) is 0 Å². The number of rotatable bonds is 3. The highest BCUT2D eigenvalue weighted by Crippen LogP contribution is 2.35. The van der Waals surface area contributed by atoms with E-state index in [1.54, 1.807) is 5.06 Å². The highest BCUT2D eigenvalue weighted by molar-refractivity contribution is 5.95. The fourth-order valence-electron chi connectivity index (χ4n) is 3.12. The molecule has 20 heavy (non-hydrogen) atoms. The normalized spacial score (nSPS) is 26.9. The van der Waals surface area contributed by atoms with E-state index in [1.807, 2.05) is 25.1 Å². The summed E-state index contributed by atoms with van der Waals surface area (Å²) in [6, 6.07) is 7.96. The zero-order valence-electron chi connectivity index (χ0n) is 12.1. The molecule has 108 valence electrons. The first-order valence-corrected chi connectivity index (χ1v) is 7.49. The summed E-state index contributed by atoms with van der Waals surface area (Å²) < 4.78 is 0. The van der Waals surface area contributed by atoms with E-state index in [-0.39, 0.29) is 12.0 Å². The molecule has 4 nitrogen and oxygen atoms in total. The molecule has 0 spiro atoms. The molecule has 0 saturated carbocycles. The van der Waals surface area contributed by atoms with Crippen LogP contribution in [0.5, 0.6) is 0 Å². The van der Waals surface area contributed by atoms with E-state index < -0.39 is 0 Å². The molecule has 1 fully saturated rings. The van der Waals surface area contributed by atoms with Gasteiger partial charge in [0.2, 0.25) is 0 Å². The summed E-state index contributed by atoms with van der Waals surface area (Å²) in [4.78, 5) is 18.6. The molecule has 1 aromatic rings. The zero-order valence-corrected chi connectivity index (χ0v) is 12.1. The van der Waals surface area contributed by atoms with Gasteiger partial charge >= 0.3 is 0 Å². The fourth-order valence-corrected chi connectivity index (χ4v) is 3.12. The summed E-state index contributed by atoms with van der Waals surface area (Å²) >= 11 is 0. The molecule has 0 bridgehead atoms. The van der Waals surface area contributed by atoms with Gasteiger partial charge in [0.25, 0.3) is 5.91 Å². The Morgan fingerprint density at radius 1 is 1.40 bits per heavy atom. The maximum Gasteiger partial charge on any atom is 0.277 e. The summed E-state index contributed by atoms with van der Waals surface area (Å²) in [5, 5.41) is 5.03. The lowest BCUT2D eigenvalue weighted by Crippen LogP contribution is -2.37. The molecule has 3 rings (SSSR count). The van der Waals surface area contributed by atoms with Crippen molar-refractivity contribution in [3.63, 3.8) is 0 Å². The van der Waals surface area contributed by atoms with E-state index in [0.29, 0.717) is 18.4 Å². The third-order valence-electron chi connectivity index (χ3n) is 4.44. The summed E-state index contributed by atoms with van der Waals surface area (Å²) in [7, 11) is 0. The zero-order chi connectivity index (χ0) is 14.1. The maximum atomic E-state index is 12.7. The van der Waals surface area contributed by atoms with Gasteiger partial charge in [0, 0.05) is 24.6 Å². The van der Waals surface area contributed by atoms with Gasteiger partial charge in [-0.2, -0.15) is 0 Å². The van der Waals surface area contributed by atoms with Gasteiger partial charge in [-0.05, 0) is 30.9 Å². The van der Waals surface area contributed by atoms with E-state index in [0.717, 1.165) is 25.1 Å². The molecule has 4 heteroatoms. The molecule has 0 aromatic heterocycles. The predicted octanol–water partition coefficient (Wildman–Crippen LogP) is 2.18. The molecule has 1 aromatic carbocycles. The molecule has 2 heterocycles. The molecule has 1 amide bonds. The lowest BCUT2D eigenvalue weighted by Gasteiger charge is -2.26. The SMILES string of the molecule is CC[C@H](C)ON1C[C@@H]2CNC[C@H]2c2ccccc2C1=O. The lowest BCUT2D eigenvalue weighted by atomic mass is 9.87. The third-order valence-corrected chi connectivity index (χ3v) is 4.44. The van der Waals surface area contributed by atoms with Crippen LogP contribution in [0.1, 0.15) is 42.1 Å². The Hall–Kier alpha value is -1.39. The predicted molar refractivity (Wildman–Crippen MR) is 77.4 cm³/mol. The topological polar surface area (TPSA) is 41.6 Å². The Morgan fingerprint density at radius 2 is 2.20 bits per heavy atom. The summed E-state index contributed by atoms with van der Waals surface area (Å²) in [5.74, 6) is 0.864. The molecular formula is C16H22N2O2. The average Bonchev–Trinajstić information content (AvgIpc) is 2.90. The Kier molecular flexibility index (Phi) is 3.76. The van der Waals surface area contributed by atoms with Gasteiger partial charge in [0.1, 0.15) is 0 Å². The molecule has 1 saturated heterocycles. The number of nitrogens with one attached hydrogen (secondary N) is 1. The Labute approximate surface area is 120 Å². The van der Waals surface area contributed by atoms with Crippen molar-refractivity contribution in [3.05, 3.63) is 35.4 Å². The number of benzene rings is 1. The van der Waals surface area contributed by atoms with Crippen LogP contribution in [-0.4, -0.2) is 36.7 Å². The summed E-state index contributed by atoms with van der Waals surface area (Å²) in [6.45, 7) is 6.66. The molecule has 1 N–H and O–H groups in total. The highest BCUT2D eigenvalue weighted by atomic mass is 16.7. The maximum absolute atomic E-state index is 12.7. The van der Waals surface area contributed by atoms with Crippen LogP contribution in [0.3, 0.4) is 0 Å². The third kappa shape index (κ3) is 2.34. The Morgan fingerprint density at radius 3 is 3.00 bits per heavy atom. The standard InChI is InChI=1S/C16H22N2O2/c1-3-11(2)20-18-10-12-8-17-9-15(12)13-6-4-5-7-14(13)16(18)19/h4-7,11-12,15,17H,3,8-10H2,1-2H3/t11-,12-,15+/m0/s1. The van der Waals surface area contributed by atoms with E-state index in [4.69, 9.17) is 4.84 Å². The van der Waals surface area contributed by atoms with Gasteiger partial charge in [0.15, 0.2) is 0 Å². The van der Waals surface area contributed by atoms with Crippen LogP contribution in [0.25, 0.3) is 0 Å². The second kappa shape index (κ2) is 5.54. The van der Waals surface area contributed by atoms with Crippen LogP contribution >= 0.6 is 0 Å². The number of carbonyl (C=O) groups is 1. The fraction of sp³-hybridized carbons (Fsp3) is 0.562. The van der Waals surface area contributed by atoms with E-state index in [9.17, 15) is 4.79 Å². The van der Waals surface area contributed by atoms with Crippen molar-refractivity contribution < 1.29 is 9.63 Å². The number of fused-ring (bicyclic) bond motifs is 3. The van der Waals surface area contributed by atoms with Crippen LogP contribution in [0.15, 0.2) is 24.3 Å². The largest absolute Gasteiger partial charge is 0.316 e. The molecule has 2 aliphatic rings. The van der Waals surface area contributed by atoms with Gasteiger partial charge in [-0.25, -0.2) is 5.06 Å². The van der Waals surface area contributed by atoms with Gasteiger partial charge in [-0.15, -0.1) is 0 Å². The number of carbonyl (C=O) groups excluding carboxylic acids is 1. The van der Waals surface area contributed by atoms with E-state index in [2.05, 4.69) is 18.3 Å². The minimum atomic E-state index is 0.00954. The molecule has 0 unspecified atom stereocenters. The summed E-state index contributed by atoms with van der Waals surface area (Å²) in [6.07, 6.45) is 0.967. The Balaban J connectivity index is 1.95. The van der Waals surface area contributed by atoms with Gasteiger partial charge < -0.3 is 5.32 Å². The monoisotopic (exact) mass is 274 g/mol. The second-order valence-corrected chi connectivity index (χ2v) is 5.80. The van der Waals surface area contributed by atoms with Crippen LogP contribution in [0, 0.1) is 5.92 Å². The highest BCUT2D eigenvalue weighted by Gasteiger charge is 2.38. The number of hydrogen-bond acceptors (Lipinski definition) is 3. The first kappa shape index (κ1) is 13.6. The van der Waals surface area contributed by atoms with Crippen molar-refractivity contribution >= 4 is 5.91 Å². The molecule has 0 aliphatic carbocycles. The van der Waals surface area contributed by atoms with Crippen LogP contribution in [-0.2, 0) is 4.84 Å². The molecule has 2 aliphatic heterocycles. The van der Waals surface area contributed by atoms with Crippen LogP contribution in [0.2, 0.25) is 0 Å². The number of amides is 1. The smallest absolute Gasteiger partial charge is 0.277 e. The number of nitrogens with zero attached hydrogens (tertiary/aromatic N) is 1. The Bertz CT molecular complexity index is 503. The van der Waals surface area contributed by atoms with Crippen LogP contribution < -0.4 is 5.32 Å². The van der Waals surface area contributed by atoms with Gasteiger partial charge in [0.05, 0.1) is 12.6 Å².